The van der Waals surface area contributed by atoms with Crippen molar-refractivity contribution in [3.05, 3.63) is 59.9 Å². The van der Waals surface area contributed by atoms with E-state index in [1.807, 2.05) is 19.9 Å². The van der Waals surface area contributed by atoms with Crippen molar-refractivity contribution in [1.29, 1.82) is 0 Å². The second-order valence-electron chi connectivity index (χ2n) is 6.43. The van der Waals surface area contributed by atoms with E-state index in [9.17, 15) is 22.4 Å². The zero-order chi connectivity index (χ0) is 21.4. The van der Waals surface area contributed by atoms with Crippen LogP contribution in [0.5, 0.6) is 0 Å². The Morgan fingerprint density at radius 2 is 2.03 bits per heavy atom. The molecule has 1 N–H and O–H groups in total. The molecule has 0 radical (unpaired) electrons. The molecule has 9 heteroatoms. The number of halogens is 4. The molecule has 1 aromatic carbocycles. The number of hydrogen-bond donors (Lipinski definition) is 1. The number of nitrogens with one attached hydrogen (secondary N) is 1. The van der Waals surface area contributed by atoms with Crippen LogP contribution in [0.4, 0.5) is 28.0 Å². The minimum absolute atomic E-state index is 0.211. The van der Waals surface area contributed by atoms with Crippen LogP contribution in [0.1, 0.15) is 31.0 Å². The molecule has 2 aromatic rings. The summed E-state index contributed by atoms with van der Waals surface area (Å²) in [6.07, 6.45) is -0.444. The third kappa shape index (κ3) is 6.42. The number of aromatic nitrogens is 1. The molecule has 2 rings (SSSR count). The second kappa shape index (κ2) is 10.2. The van der Waals surface area contributed by atoms with E-state index in [0.29, 0.717) is 17.8 Å². The summed E-state index contributed by atoms with van der Waals surface area (Å²) >= 11 is 0. The van der Waals surface area contributed by atoms with Gasteiger partial charge in [0.15, 0.2) is 0 Å². The lowest BCUT2D eigenvalue weighted by molar-refractivity contribution is -0.168. The van der Waals surface area contributed by atoms with E-state index in [1.54, 1.807) is 47.6 Å². The van der Waals surface area contributed by atoms with Crippen molar-refractivity contribution < 1.29 is 27.1 Å². The molecule has 0 spiro atoms. The number of nitrogens with zero attached hydrogens (tertiary/aromatic N) is 2. The molecule has 1 heterocycles. The summed E-state index contributed by atoms with van der Waals surface area (Å²) < 4.78 is 54.8. The second-order valence-corrected chi connectivity index (χ2v) is 6.43. The van der Waals surface area contributed by atoms with Crippen LogP contribution in [0.15, 0.2) is 48.8 Å². The highest BCUT2D eigenvalue weighted by Crippen LogP contribution is 2.24. The molecule has 0 aliphatic carbocycles. The summed E-state index contributed by atoms with van der Waals surface area (Å²) in [6.45, 7) is 2.52. The Hall–Kier alpha value is -2.68. The number of ether oxygens (including phenoxy) is 1. The summed E-state index contributed by atoms with van der Waals surface area (Å²) in [5.41, 5.74) is 1.79. The minimum Gasteiger partial charge on any atom is -0.370 e. The summed E-state index contributed by atoms with van der Waals surface area (Å²) in [7, 11) is 0. The average molecular weight is 413 g/mol. The number of anilines is 1. The van der Waals surface area contributed by atoms with Gasteiger partial charge < -0.3 is 15.0 Å². The molecule has 0 saturated carbocycles. The molecular formula is C20H23F4N3O2. The van der Waals surface area contributed by atoms with Gasteiger partial charge in [0.2, 0.25) is 0 Å². The highest BCUT2D eigenvalue weighted by atomic mass is 19.3. The van der Waals surface area contributed by atoms with Crippen molar-refractivity contribution in [3.63, 3.8) is 0 Å². The van der Waals surface area contributed by atoms with Crippen LogP contribution in [0.3, 0.4) is 0 Å². The summed E-state index contributed by atoms with van der Waals surface area (Å²) in [4.78, 5) is 18.3. The van der Waals surface area contributed by atoms with Gasteiger partial charge in [0, 0.05) is 24.6 Å². The number of rotatable bonds is 9. The van der Waals surface area contributed by atoms with Gasteiger partial charge in [-0.25, -0.2) is 13.6 Å². The van der Waals surface area contributed by atoms with Crippen LogP contribution in [0.2, 0.25) is 0 Å². The third-order valence-electron chi connectivity index (χ3n) is 4.30. The van der Waals surface area contributed by atoms with Gasteiger partial charge in [-0.15, -0.1) is 0 Å². The van der Waals surface area contributed by atoms with Crippen molar-refractivity contribution in [2.24, 2.45) is 0 Å². The number of carbonyl (C=O) groups excluding carboxylic acids is 1. The topological polar surface area (TPSA) is 54.5 Å². The quantitative estimate of drug-likeness (QED) is 0.581. The van der Waals surface area contributed by atoms with Gasteiger partial charge in [-0.2, -0.15) is 8.78 Å². The summed E-state index contributed by atoms with van der Waals surface area (Å²) in [6, 6.07) is 9.49. The Labute approximate surface area is 166 Å². The average Bonchev–Trinajstić information content (AvgIpc) is 2.69. The van der Waals surface area contributed by atoms with E-state index < -0.39 is 19.0 Å². The molecule has 2 amide bonds. The number of hydrogen-bond acceptors (Lipinski definition) is 3. The minimum atomic E-state index is -4.20. The largest absolute Gasteiger partial charge is 0.370 e. The number of carbonyl (C=O) groups is 1. The van der Waals surface area contributed by atoms with Gasteiger partial charge in [-0.05, 0) is 43.2 Å². The molecule has 1 atom stereocenters. The van der Waals surface area contributed by atoms with E-state index in [1.165, 1.54) is 0 Å². The Balaban J connectivity index is 1.98. The first kappa shape index (κ1) is 22.6. The number of urea groups is 1. The van der Waals surface area contributed by atoms with Gasteiger partial charge >= 0.3 is 18.4 Å². The maximum atomic E-state index is 12.9. The first-order valence-corrected chi connectivity index (χ1v) is 9.04. The number of alkyl halides is 4. The predicted molar refractivity (Wildman–Crippen MR) is 101 cm³/mol. The van der Waals surface area contributed by atoms with Crippen LogP contribution < -0.4 is 5.32 Å². The fourth-order valence-corrected chi connectivity index (χ4v) is 2.70. The fourth-order valence-electron chi connectivity index (χ4n) is 2.70. The Morgan fingerprint density at radius 1 is 1.28 bits per heavy atom. The van der Waals surface area contributed by atoms with Crippen molar-refractivity contribution in [2.75, 3.05) is 18.5 Å². The Bertz CT molecular complexity index is 790. The Kier molecular flexibility index (Phi) is 7.95. The smallest absolute Gasteiger partial charge is 0.330 e. The van der Waals surface area contributed by atoms with Crippen molar-refractivity contribution in [2.45, 2.75) is 38.8 Å². The molecule has 1 aromatic heterocycles. The van der Waals surface area contributed by atoms with Gasteiger partial charge in [0.25, 0.3) is 0 Å². The Morgan fingerprint density at radius 3 is 2.66 bits per heavy atom. The molecule has 0 saturated heterocycles. The van der Waals surface area contributed by atoms with Gasteiger partial charge in [-0.3, -0.25) is 4.98 Å². The van der Waals surface area contributed by atoms with E-state index in [2.05, 4.69) is 10.3 Å². The molecule has 29 heavy (non-hydrogen) atoms. The zero-order valence-electron chi connectivity index (χ0n) is 16.1. The number of benzene rings is 1. The highest BCUT2D eigenvalue weighted by Gasteiger charge is 2.40. The molecule has 0 aliphatic heterocycles. The van der Waals surface area contributed by atoms with E-state index >= 15 is 0 Å². The highest BCUT2D eigenvalue weighted by molar-refractivity contribution is 5.89. The third-order valence-corrected chi connectivity index (χ3v) is 4.30. The van der Waals surface area contributed by atoms with Gasteiger partial charge in [0.1, 0.15) is 6.61 Å². The number of pyridine rings is 1. The normalized spacial score (nSPS) is 12.7. The first-order valence-electron chi connectivity index (χ1n) is 9.04. The lowest BCUT2D eigenvalue weighted by Crippen LogP contribution is -2.37. The molecule has 1 unspecified atom stereocenters. The standard InChI is InChI=1S/C20H23F4N3O2/c1-3-27(14(2)16-7-5-9-25-11-16)19(28)26-17-8-4-6-15(10-17)12-29-13-20(23,24)18(21)22/h4-11,14,18H,3,12-13H2,1-2H3,(H,26,28). The SMILES string of the molecule is CCN(C(=O)Nc1cccc(COCC(F)(F)C(F)F)c1)C(C)c1cccnc1. The maximum absolute atomic E-state index is 12.9. The van der Waals surface area contributed by atoms with Crippen molar-refractivity contribution in [1.82, 2.24) is 9.88 Å². The van der Waals surface area contributed by atoms with Crippen LogP contribution in [0, 0.1) is 0 Å². The van der Waals surface area contributed by atoms with Gasteiger partial charge in [0.05, 0.1) is 12.6 Å². The monoisotopic (exact) mass is 413 g/mol. The first-order chi connectivity index (χ1) is 13.7. The predicted octanol–water partition coefficient (Wildman–Crippen LogP) is 5.11. The lowest BCUT2D eigenvalue weighted by Gasteiger charge is -2.28. The summed E-state index contributed by atoms with van der Waals surface area (Å²) in [5.74, 6) is -4.20. The molecule has 0 fully saturated rings. The molecule has 5 nitrogen and oxygen atoms in total. The molecule has 0 bridgehead atoms. The van der Waals surface area contributed by atoms with E-state index in [0.717, 1.165) is 5.56 Å². The van der Waals surface area contributed by atoms with E-state index in [4.69, 9.17) is 4.74 Å². The van der Waals surface area contributed by atoms with Crippen molar-refractivity contribution in [3.8, 4) is 0 Å². The van der Waals surface area contributed by atoms with Crippen molar-refractivity contribution >= 4 is 11.7 Å². The van der Waals surface area contributed by atoms with E-state index in [-0.39, 0.29) is 18.7 Å². The molecule has 158 valence electrons. The maximum Gasteiger partial charge on any atom is 0.330 e. The molecule has 0 aliphatic rings. The number of amides is 2. The van der Waals surface area contributed by atoms with Crippen LogP contribution >= 0.6 is 0 Å². The zero-order valence-corrected chi connectivity index (χ0v) is 16.1. The van der Waals surface area contributed by atoms with Crippen LogP contribution in [-0.2, 0) is 11.3 Å². The van der Waals surface area contributed by atoms with Crippen LogP contribution in [-0.4, -0.2) is 41.4 Å². The fraction of sp³-hybridized carbons (Fsp3) is 0.400. The lowest BCUT2D eigenvalue weighted by atomic mass is 10.1. The molecular weight excluding hydrogens is 390 g/mol. The van der Waals surface area contributed by atoms with Gasteiger partial charge in [-0.1, -0.05) is 18.2 Å². The summed E-state index contributed by atoms with van der Waals surface area (Å²) in [5, 5.41) is 2.75. The van der Waals surface area contributed by atoms with Crippen LogP contribution in [0.25, 0.3) is 0 Å².